The van der Waals surface area contributed by atoms with Gasteiger partial charge in [0, 0.05) is 18.5 Å². The second kappa shape index (κ2) is 8.71. The van der Waals surface area contributed by atoms with Crippen molar-refractivity contribution in [3.63, 3.8) is 0 Å². The number of carbonyl (C=O) groups is 1. The number of hydrogen-bond acceptors (Lipinski definition) is 4. The Morgan fingerprint density at radius 1 is 1.18 bits per heavy atom. The summed E-state index contributed by atoms with van der Waals surface area (Å²) in [5, 5.41) is 0.762. The highest BCUT2D eigenvalue weighted by Gasteiger charge is 2.22. The Labute approximate surface area is 170 Å². The summed E-state index contributed by atoms with van der Waals surface area (Å²) in [4.78, 5) is 21.3. The lowest BCUT2D eigenvalue weighted by Crippen LogP contribution is -3.05. The van der Waals surface area contributed by atoms with Gasteiger partial charge in [-0.3, -0.25) is 9.69 Å². The van der Waals surface area contributed by atoms with Gasteiger partial charge in [0.1, 0.15) is 5.75 Å². The van der Waals surface area contributed by atoms with E-state index in [2.05, 4.69) is 40.1 Å². The molecule has 148 valence electrons. The van der Waals surface area contributed by atoms with Gasteiger partial charge in [0.25, 0.3) is 5.91 Å². The maximum absolute atomic E-state index is 13.3. The Bertz CT molecular complexity index is 964. The fourth-order valence-corrected chi connectivity index (χ4v) is 4.28. The summed E-state index contributed by atoms with van der Waals surface area (Å²) in [7, 11) is 5.87. The van der Waals surface area contributed by atoms with E-state index in [-0.39, 0.29) is 5.91 Å². The van der Waals surface area contributed by atoms with Crippen molar-refractivity contribution in [2.45, 2.75) is 20.3 Å². The SMILES string of the molecule is COc1ccc(C(=O)N(CCC[NH+](C)C)c2nc3cc(C)cc(C)c3s2)cc1. The molecule has 0 saturated heterocycles. The molecule has 0 unspecified atom stereocenters. The van der Waals surface area contributed by atoms with Crippen molar-refractivity contribution in [2.24, 2.45) is 0 Å². The van der Waals surface area contributed by atoms with Crippen molar-refractivity contribution in [2.75, 3.05) is 39.2 Å². The molecular weight excluding hydrogens is 370 g/mol. The molecule has 0 aliphatic rings. The van der Waals surface area contributed by atoms with Gasteiger partial charge in [0.05, 0.1) is 38.0 Å². The number of fused-ring (bicyclic) bond motifs is 1. The Balaban J connectivity index is 1.95. The fourth-order valence-electron chi connectivity index (χ4n) is 3.24. The molecule has 28 heavy (non-hydrogen) atoms. The molecule has 2 aromatic carbocycles. The molecule has 0 radical (unpaired) electrons. The second-order valence-corrected chi connectivity index (χ2v) is 8.40. The van der Waals surface area contributed by atoms with Crippen LogP contribution in [0.2, 0.25) is 0 Å². The lowest BCUT2D eigenvalue weighted by atomic mass is 10.1. The van der Waals surface area contributed by atoms with Crippen LogP contribution in [-0.4, -0.2) is 45.2 Å². The van der Waals surface area contributed by atoms with Gasteiger partial charge in [0.2, 0.25) is 0 Å². The number of quaternary nitrogens is 1. The van der Waals surface area contributed by atoms with Crippen molar-refractivity contribution >= 4 is 32.6 Å². The second-order valence-electron chi connectivity index (χ2n) is 7.42. The van der Waals surface area contributed by atoms with E-state index in [9.17, 15) is 4.79 Å². The van der Waals surface area contributed by atoms with Gasteiger partial charge in [-0.25, -0.2) is 4.98 Å². The quantitative estimate of drug-likeness (QED) is 0.665. The first-order valence-corrected chi connectivity index (χ1v) is 10.3. The first-order valence-electron chi connectivity index (χ1n) is 9.52. The number of rotatable bonds is 7. The third-order valence-corrected chi connectivity index (χ3v) is 5.91. The van der Waals surface area contributed by atoms with Crippen molar-refractivity contribution in [1.29, 1.82) is 0 Å². The molecule has 6 heteroatoms. The Hall–Kier alpha value is -2.44. The molecule has 1 heterocycles. The summed E-state index contributed by atoms with van der Waals surface area (Å²) < 4.78 is 6.36. The summed E-state index contributed by atoms with van der Waals surface area (Å²) >= 11 is 1.59. The molecule has 0 aliphatic carbocycles. The molecular formula is C22H28N3O2S+. The maximum atomic E-state index is 13.3. The van der Waals surface area contributed by atoms with Crippen LogP contribution in [0.1, 0.15) is 27.9 Å². The Morgan fingerprint density at radius 3 is 2.54 bits per heavy atom. The van der Waals surface area contributed by atoms with Crippen LogP contribution in [0.15, 0.2) is 36.4 Å². The number of aromatic nitrogens is 1. The summed E-state index contributed by atoms with van der Waals surface area (Å²) in [6.45, 7) is 5.82. The summed E-state index contributed by atoms with van der Waals surface area (Å²) in [6, 6.07) is 11.5. The van der Waals surface area contributed by atoms with Crippen molar-refractivity contribution in [3.05, 3.63) is 53.1 Å². The third-order valence-electron chi connectivity index (χ3n) is 4.68. The molecule has 0 atom stereocenters. The Morgan fingerprint density at radius 2 is 1.89 bits per heavy atom. The summed E-state index contributed by atoms with van der Waals surface area (Å²) in [5.74, 6) is 0.718. The Kier molecular flexibility index (Phi) is 6.31. The first kappa shape index (κ1) is 20.3. The van der Waals surface area contributed by atoms with Crippen LogP contribution in [0.3, 0.4) is 0 Å². The minimum absolute atomic E-state index is 0.0233. The zero-order valence-electron chi connectivity index (χ0n) is 17.2. The molecule has 1 aromatic heterocycles. The minimum atomic E-state index is -0.0233. The molecule has 0 fully saturated rings. The van der Waals surface area contributed by atoms with Crippen molar-refractivity contribution in [3.8, 4) is 5.75 Å². The van der Waals surface area contributed by atoms with Gasteiger partial charge < -0.3 is 9.64 Å². The van der Waals surface area contributed by atoms with Gasteiger partial charge in [0.15, 0.2) is 5.13 Å². The normalized spacial score (nSPS) is 11.2. The van der Waals surface area contributed by atoms with E-state index in [1.54, 1.807) is 18.4 Å². The van der Waals surface area contributed by atoms with Gasteiger partial charge in [-0.2, -0.15) is 0 Å². The maximum Gasteiger partial charge on any atom is 0.260 e. The van der Waals surface area contributed by atoms with E-state index in [4.69, 9.17) is 9.72 Å². The molecule has 0 spiro atoms. The lowest BCUT2D eigenvalue weighted by molar-refractivity contribution is -0.858. The van der Waals surface area contributed by atoms with Crippen LogP contribution in [0, 0.1) is 13.8 Å². The largest absolute Gasteiger partial charge is 0.497 e. The number of thiazole rings is 1. The molecule has 3 rings (SSSR count). The molecule has 0 saturated carbocycles. The van der Waals surface area contributed by atoms with E-state index >= 15 is 0 Å². The van der Waals surface area contributed by atoms with E-state index in [0.29, 0.717) is 12.1 Å². The van der Waals surface area contributed by atoms with Crippen molar-refractivity contribution in [1.82, 2.24) is 4.98 Å². The minimum Gasteiger partial charge on any atom is -0.497 e. The number of methoxy groups -OCH3 is 1. The topological polar surface area (TPSA) is 46.9 Å². The molecule has 1 amide bonds. The van der Waals surface area contributed by atoms with Crippen LogP contribution in [-0.2, 0) is 0 Å². The third kappa shape index (κ3) is 4.51. The van der Waals surface area contributed by atoms with Crippen LogP contribution in [0.5, 0.6) is 5.75 Å². The predicted octanol–water partition coefficient (Wildman–Crippen LogP) is 3.10. The average Bonchev–Trinajstić information content (AvgIpc) is 3.08. The van der Waals surface area contributed by atoms with Gasteiger partial charge >= 0.3 is 0 Å². The van der Waals surface area contributed by atoms with E-state index in [0.717, 1.165) is 34.1 Å². The number of nitrogens with one attached hydrogen (secondary N) is 1. The van der Waals surface area contributed by atoms with Crippen LogP contribution < -0.4 is 14.5 Å². The standard InChI is InChI=1S/C22H27N3O2S/c1-15-13-16(2)20-19(14-15)23-22(28-20)25(12-6-11-24(3)4)21(26)17-7-9-18(27-5)10-8-17/h7-10,13-14H,6,11-12H2,1-5H3/p+1. The smallest absolute Gasteiger partial charge is 0.260 e. The highest BCUT2D eigenvalue weighted by molar-refractivity contribution is 7.22. The molecule has 0 bridgehead atoms. The van der Waals surface area contributed by atoms with E-state index in [1.165, 1.54) is 16.0 Å². The van der Waals surface area contributed by atoms with Gasteiger partial charge in [-0.15, -0.1) is 0 Å². The first-order chi connectivity index (χ1) is 13.4. The number of aryl methyl sites for hydroxylation is 2. The summed E-state index contributed by atoms with van der Waals surface area (Å²) in [5.41, 5.74) is 3.99. The number of hydrogen-bond donors (Lipinski definition) is 1. The van der Waals surface area contributed by atoms with E-state index < -0.39 is 0 Å². The highest BCUT2D eigenvalue weighted by atomic mass is 32.1. The van der Waals surface area contributed by atoms with E-state index in [1.807, 2.05) is 29.2 Å². The monoisotopic (exact) mass is 398 g/mol. The number of benzene rings is 2. The van der Waals surface area contributed by atoms with Crippen LogP contribution in [0.25, 0.3) is 10.2 Å². The van der Waals surface area contributed by atoms with Crippen LogP contribution >= 0.6 is 11.3 Å². The molecule has 5 nitrogen and oxygen atoms in total. The lowest BCUT2D eigenvalue weighted by Gasteiger charge is -2.20. The summed E-state index contributed by atoms with van der Waals surface area (Å²) in [6.07, 6.45) is 0.915. The number of ether oxygens (including phenoxy) is 1. The number of anilines is 1. The van der Waals surface area contributed by atoms with Crippen molar-refractivity contribution < 1.29 is 14.4 Å². The zero-order chi connectivity index (χ0) is 20.3. The molecule has 1 N–H and O–H groups in total. The highest BCUT2D eigenvalue weighted by Crippen LogP contribution is 2.33. The fraction of sp³-hybridized carbons (Fsp3) is 0.364. The number of nitrogens with zero attached hydrogens (tertiary/aromatic N) is 2. The molecule has 0 aliphatic heterocycles. The van der Waals surface area contributed by atoms with Gasteiger partial charge in [-0.1, -0.05) is 17.4 Å². The average molecular weight is 399 g/mol. The number of carbonyl (C=O) groups excluding carboxylic acids is 1. The number of amides is 1. The van der Waals surface area contributed by atoms with Gasteiger partial charge in [-0.05, 0) is 55.3 Å². The molecule has 3 aromatic rings. The predicted molar refractivity (Wildman–Crippen MR) is 116 cm³/mol. The zero-order valence-corrected chi connectivity index (χ0v) is 18.0. The van der Waals surface area contributed by atoms with Crippen LogP contribution in [0.4, 0.5) is 5.13 Å².